The van der Waals surface area contributed by atoms with Gasteiger partial charge in [-0.2, -0.15) is 0 Å². The largest absolute Gasteiger partial charge is 1.00 e. The predicted octanol–water partition coefficient (Wildman–Crippen LogP) is -5.08. The van der Waals surface area contributed by atoms with E-state index in [9.17, 15) is 4.57 Å². The van der Waals surface area contributed by atoms with Gasteiger partial charge in [0.05, 0.1) is 13.2 Å². The summed E-state index contributed by atoms with van der Waals surface area (Å²) in [5.74, 6) is 0. The van der Waals surface area contributed by atoms with Crippen LogP contribution >= 0.6 is 7.82 Å². The third-order valence-corrected chi connectivity index (χ3v) is 1.65. The predicted molar refractivity (Wildman–Crippen MR) is 43.7 cm³/mol. The number of ether oxygens (including phenoxy) is 1. The van der Waals surface area contributed by atoms with E-state index in [0.717, 1.165) is 12.8 Å². The number of unbranched alkanes of at least 4 members (excludes halogenated alkanes) is 1. The van der Waals surface area contributed by atoms with Crippen molar-refractivity contribution < 1.29 is 126 Å². The maximum Gasteiger partial charge on any atom is 1.00 e. The number of hydrogen-bond donors (Lipinski definition) is 2. The fourth-order valence-electron chi connectivity index (χ4n) is 0.564. The summed E-state index contributed by atoms with van der Waals surface area (Å²) in [5.41, 5.74) is 0. The summed E-state index contributed by atoms with van der Waals surface area (Å²) in [5, 5.41) is 0. The van der Waals surface area contributed by atoms with Crippen LogP contribution in [0.25, 0.3) is 0 Å². The standard InChI is InChI=1S/C6H15O5P.2K/c1-2-3-4-10-5-6-11-12(7,8)9;;/h2-6H2,1H3,(H2,7,8,9);;/q;2*+1. The van der Waals surface area contributed by atoms with Gasteiger partial charge in [0.1, 0.15) is 0 Å². The maximum absolute atomic E-state index is 10.1. The first kappa shape index (κ1) is 22.5. The first-order valence-corrected chi connectivity index (χ1v) is 5.37. The molecule has 74 valence electrons. The fourth-order valence-corrected chi connectivity index (χ4v) is 0.876. The smallest absolute Gasteiger partial charge is 0.379 e. The molecule has 0 unspecified atom stereocenters. The molecule has 0 aliphatic heterocycles. The van der Waals surface area contributed by atoms with Gasteiger partial charge in [-0.25, -0.2) is 4.57 Å². The Bertz CT molecular complexity index is 151. The van der Waals surface area contributed by atoms with E-state index < -0.39 is 7.82 Å². The Kier molecular flexibility index (Phi) is 23.2. The van der Waals surface area contributed by atoms with Gasteiger partial charge >= 0.3 is 111 Å². The molecular weight excluding hydrogens is 261 g/mol. The topological polar surface area (TPSA) is 76.0 Å². The van der Waals surface area contributed by atoms with Gasteiger partial charge in [0, 0.05) is 6.61 Å². The molecule has 0 spiro atoms. The molecule has 0 aromatic rings. The molecule has 8 heteroatoms. The zero-order chi connectivity index (χ0) is 9.45. The van der Waals surface area contributed by atoms with E-state index in [2.05, 4.69) is 4.52 Å². The second-order valence-electron chi connectivity index (χ2n) is 2.29. The Morgan fingerprint density at radius 2 is 1.71 bits per heavy atom. The van der Waals surface area contributed by atoms with Crippen molar-refractivity contribution in [2.75, 3.05) is 19.8 Å². The fraction of sp³-hybridized carbons (Fsp3) is 1.00. The van der Waals surface area contributed by atoms with E-state index in [1.807, 2.05) is 6.92 Å². The number of phosphoric acid groups is 1. The van der Waals surface area contributed by atoms with Crippen molar-refractivity contribution in [3.8, 4) is 0 Å². The molecule has 0 aliphatic rings. The molecule has 0 rings (SSSR count). The summed E-state index contributed by atoms with van der Waals surface area (Å²) in [7, 11) is -4.30. The number of phosphoric ester groups is 1. The van der Waals surface area contributed by atoms with Gasteiger partial charge in [0.15, 0.2) is 0 Å². The van der Waals surface area contributed by atoms with Gasteiger partial charge in [0.25, 0.3) is 0 Å². The Morgan fingerprint density at radius 3 is 2.14 bits per heavy atom. The van der Waals surface area contributed by atoms with Crippen LogP contribution in [0.2, 0.25) is 0 Å². The summed E-state index contributed by atoms with van der Waals surface area (Å²) >= 11 is 0. The summed E-state index contributed by atoms with van der Waals surface area (Å²) in [6.45, 7) is 2.82. The first-order valence-electron chi connectivity index (χ1n) is 3.84. The van der Waals surface area contributed by atoms with E-state index in [4.69, 9.17) is 14.5 Å². The second-order valence-corrected chi connectivity index (χ2v) is 3.53. The van der Waals surface area contributed by atoms with Crippen LogP contribution < -0.4 is 103 Å². The van der Waals surface area contributed by atoms with Crippen molar-refractivity contribution in [3.05, 3.63) is 0 Å². The molecular formula is C6H15K2O5P+2. The normalized spacial score (nSPS) is 10.2. The van der Waals surface area contributed by atoms with Crippen LogP contribution in [-0.2, 0) is 13.8 Å². The molecule has 0 aromatic carbocycles. The first-order chi connectivity index (χ1) is 5.56. The van der Waals surface area contributed by atoms with E-state index in [1.54, 1.807) is 0 Å². The molecule has 0 aromatic heterocycles. The summed E-state index contributed by atoms with van der Waals surface area (Å²) in [4.78, 5) is 16.5. The van der Waals surface area contributed by atoms with Crippen LogP contribution in [0.3, 0.4) is 0 Å². The zero-order valence-corrected chi connectivity index (χ0v) is 16.2. The summed E-state index contributed by atoms with van der Waals surface area (Å²) in [6.07, 6.45) is 2.00. The van der Waals surface area contributed by atoms with Crippen LogP contribution in [0.1, 0.15) is 19.8 Å². The molecule has 0 bridgehead atoms. The zero-order valence-electron chi connectivity index (χ0n) is 9.10. The Morgan fingerprint density at radius 1 is 1.14 bits per heavy atom. The van der Waals surface area contributed by atoms with Crippen molar-refractivity contribution in [2.45, 2.75) is 19.8 Å². The van der Waals surface area contributed by atoms with Crippen LogP contribution in [0.5, 0.6) is 0 Å². The minimum absolute atomic E-state index is 0. The molecule has 0 amide bonds. The summed E-state index contributed by atoms with van der Waals surface area (Å²) in [6, 6.07) is 0. The van der Waals surface area contributed by atoms with Crippen molar-refractivity contribution in [1.82, 2.24) is 0 Å². The SMILES string of the molecule is CCCCOCCOP(=O)(O)O.[K+].[K+]. The van der Waals surface area contributed by atoms with E-state index in [-0.39, 0.29) is 116 Å². The van der Waals surface area contributed by atoms with Crippen LogP contribution in [0.15, 0.2) is 0 Å². The van der Waals surface area contributed by atoms with Crippen molar-refractivity contribution in [1.29, 1.82) is 0 Å². The molecule has 0 heterocycles. The molecule has 2 N–H and O–H groups in total. The second kappa shape index (κ2) is 14.4. The van der Waals surface area contributed by atoms with Crippen LogP contribution in [-0.4, -0.2) is 29.6 Å². The van der Waals surface area contributed by atoms with Crippen LogP contribution in [0, 0.1) is 0 Å². The molecule has 0 atom stereocenters. The van der Waals surface area contributed by atoms with Gasteiger partial charge in [-0.15, -0.1) is 0 Å². The van der Waals surface area contributed by atoms with Crippen molar-refractivity contribution in [2.24, 2.45) is 0 Å². The molecule has 0 fully saturated rings. The number of hydrogen-bond acceptors (Lipinski definition) is 3. The van der Waals surface area contributed by atoms with Gasteiger partial charge in [-0.3, -0.25) is 4.52 Å². The minimum Gasteiger partial charge on any atom is -0.379 e. The van der Waals surface area contributed by atoms with E-state index in [1.165, 1.54) is 0 Å². The number of rotatable bonds is 7. The average molecular weight is 276 g/mol. The van der Waals surface area contributed by atoms with Gasteiger partial charge in [-0.05, 0) is 6.42 Å². The van der Waals surface area contributed by atoms with Gasteiger partial charge in [-0.1, -0.05) is 13.3 Å². The van der Waals surface area contributed by atoms with Crippen molar-refractivity contribution >= 4 is 7.82 Å². The molecule has 5 nitrogen and oxygen atoms in total. The molecule has 0 aliphatic carbocycles. The van der Waals surface area contributed by atoms with Crippen LogP contribution in [0.4, 0.5) is 0 Å². The maximum atomic E-state index is 10.1. The molecule has 0 saturated heterocycles. The van der Waals surface area contributed by atoms with E-state index >= 15 is 0 Å². The Labute approximate surface area is 170 Å². The minimum atomic E-state index is -4.30. The average Bonchev–Trinajstić information content (AvgIpc) is 1.94. The monoisotopic (exact) mass is 276 g/mol. The molecule has 14 heavy (non-hydrogen) atoms. The quantitative estimate of drug-likeness (QED) is 0.276. The third kappa shape index (κ3) is 20.7. The van der Waals surface area contributed by atoms with Gasteiger partial charge in [0.2, 0.25) is 0 Å². The Balaban J connectivity index is -0.000000605. The Hall–Kier alpha value is 3.34. The van der Waals surface area contributed by atoms with Gasteiger partial charge < -0.3 is 14.5 Å². The molecule has 0 saturated carbocycles. The third-order valence-electron chi connectivity index (χ3n) is 1.13. The molecule has 0 radical (unpaired) electrons. The van der Waals surface area contributed by atoms with Crippen molar-refractivity contribution in [3.63, 3.8) is 0 Å². The van der Waals surface area contributed by atoms with E-state index in [0.29, 0.717) is 6.61 Å². The summed E-state index contributed by atoms with van der Waals surface area (Å²) < 4.78 is 19.3.